The Labute approximate surface area is 78.3 Å². The zero-order valence-electron chi connectivity index (χ0n) is 7.49. The molecule has 0 atom stereocenters. The van der Waals surface area contributed by atoms with Crippen LogP contribution in [0, 0.1) is 0 Å². The molecule has 0 spiro atoms. The van der Waals surface area contributed by atoms with E-state index in [1.165, 1.54) is 0 Å². The largest absolute Gasteiger partial charge is 0.480 e. The van der Waals surface area contributed by atoms with Gasteiger partial charge in [0.2, 0.25) is 11.7 Å². The Hall–Kier alpha value is -0.320. The number of nitrogens with zero attached hydrogens (tertiary/aromatic N) is 1. The Morgan fingerprint density at radius 2 is 1.83 bits per heavy atom. The molecule has 0 aliphatic carbocycles. The van der Waals surface area contributed by atoms with Gasteiger partial charge in [-0.3, -0.25) is 4.99 Å². The van der Waals surface area contributed by atoms with E-state index in [9.17, 15) is 0 Å². The second-order valence-electron chi connectivity index (χ2n) is 2.30. The van der Waals surface area contributed by atoms with Gasteiger partial charge in [-0.05, 0) is 0 Å². The summed E-state index contributed by atoms with van der Waals surface area (Å²) in [6.45, 7) is 0.699. The van der Waals surface area contributed by atoms with Gasteiger partial charge in [0.15, 0.2) is 0 Å². The van der Waals surface area contributed by atoms with Crippen LogP contribution >= 0.6 is 12.4 Å². The predicted molar refractivity (Wildman–Crippen MR) is 47.9 cm³/mol. The molecule has 5 heteroatoms. The van der Waals surface area contributed by atoms with Crippen molar-refractivity contribution in [2.75, 3.05) is 27.9 Å². The molecule has 0 aromatic carbocycles. The lowest BCUT2D eigenvalue weighted by atomic mass is 10.2. The molecule has 0 amide bonds. The van der Waals surface area contributed by atoms with E-state index in [0.717, 1.165) is 6.42 Å². The molecule has 1 rings (SSSR count). The van der Waals surface area contributed by atoms with Crippen molar-refractivity contribution in [2.45, 2.75) is 12.2 Å². The number of aliphatic imine (C=N–C) groups is 1. The average Bonchev–Trinajstić information content (AvgIpc) is 2.47. The Morgan fingerprint density at radius 3 is 2.17 bits per heavy atom. The summed E-state index contributed by atoms with van der Waals surface area (Å²) in [7, 11) is 4.74. The van der Waals surface area contributed by atoms with E-state index in [1.807, 2.05) is 0 Å². The third-order valence-electron chi connectivity index (χ3n) is 1.87. The van der Waals surface area contributed by atoms with Crippen molar-refractivity contribution < 1.29 is 14.2 Å². The Kier molecular flexibility index (Phi) is 4.52. The van der Waals surface area contributed by atoms with E-state index in [2.05, 4.69) is 4.99 Å². The summed E-state index contributed by atoms with van der Waals surface area (Å²) in [5, 5.41) is 0. The topological polar surface area (TPSA) is 40.0 Å². The normalized spacial score (nSPS) is 19.8. The number of methoxy groups -OCH3 is 3. The van der Waals surface area contributed by atoms with Crippen molar-refractivity contribution >= 4 is 18.3 Å². The van der Waals surface area contributed by atoms with E-state index < -0.39 is 5.79 Å². The van der Waals surface area contributed by atoms with E-state index in [0.29, 0.717) is 12.4 Å². The second kappa shape index (κ2) is 4.64. The summed E-state index contributed by atoms with van der Waals surface area (Å²) < 4.78 is 15.4. The lowest BCUT2D eigenvalue weighted by Gasteiger charge is -2.25. The SMILES string of the molecule is COC1=NCCC1(OC)OC.Cl. The minimum Gasteiger partial charge on any atom is -0.480 e. The van der Waals surface area contributed by atoms with Crippen molar-refractivity contribution in [2.24, 2.45) is 4.99 Å². The highest BCUT2D eigenvalue weighted by Gasteiger charge is 2.41. The van der Waals surface area contributed by atoms with E-state index in [4.69, 9.17) is 14.2 Å². The van der Waals surface area contributed by atoms with Gasteiger partial charge in [0, 0.05) is 27.2 Å². The highest BCUT2D eigenvalue weighted by atomic mass is 35.5. The molecule has 0 aromatic rings. The van der Waals surface area contributed by atoms with Gasteiger partial charge in [-0.1, -0.05) is 0 Å². The van der Waals surface area contributed by atoms with Crippen LogP contribution in [-0.2, 0) is 14.2 Å². The quantitative estimate of drug-likeness (QED) is 0.614. The second-order valence-corrected chi connectivity index (χ2v) is 2.30. The van der Waals surface area contributed by atoms with Crippen molar-refractivity contribution in [1.29, 1.82) is 0 Å². The van der Waals surface area contributed by atoms with Crippen molar-refractivity contribution in [3.63, 3.8) is 0 Å². The summed E-state index contributed by atoms with van der Waals surface area (Å²) in [4.78, 5) is 4.09. The van der Waals surface area contributed by atoms with Gasteiger partial charge in [0.1, 0.15) is 0 Å². The molecule has 0 aromatic heterocycles. The number of hydrogen-bond donors (Lipinski definition) is 0. The standard InChI is InChI=1S/C7H13NO3.ClH/c1-9-6-7(10-2,11-3)4-5-8-6;/h4-5H2,1-3H3;1H. The molecular formula is C7H14ClNO3. The highest BCUT2D eigenvalue weighted by molar-refractivity contribution is 5.85. The van der Waals surface area contributed by atoms with Gasteiger partial charge >= 0.3 is 0 Å². The fourth-order valence-corrected chi connectivity index (χ4v) is 1.21. The maximum atomic E-state index is 5.17. The monoisotopic (exact) mass is 195 g/mol. The minimum atomic E-state index is -0.727. The molecule has 0 saturated carbocycles. The van der Waals surface area contributed by atoms with Crippen LogP contribution in [0.25, 0.3) is 0 Å². The molecule has 4 nitrogen and oxygen atoms in total. The smallest absolute Gasteiger partial charge is 0.247 e. The lowest BCUT2D eigenvalue weighted by Crippen LogP contribution is -2.40. The van der Waals surface area contributed by atoms with E-state index in [-0.39, 0.29) is 12.4 Å². The molecule has 0 bridgehead atoms. The summed E-state index contributed by atoms with van der Waals surface area (Å²) >= 11 is 0. The minimum absolute atomic E-state index is 0. The van der Waals surface area contributed by atoms with Crippen LogP contribution < -0.4 is 0 Å². The fourth-order valence-electron chi connectivity index (χ4n) is 1.21. The van der Waals surface area contributed by atoms with Gasteiger partial charge < -0.3 is 14.2 Å². The van der Waals surface area contributed by atoms with Crippen LogP contribution in [0.4, 0.5) is 0 Å². The zero-order chi connectivity index (χ0) is 8.32. The number of ether oxygens (including phenoxy) is 3. The third kappa shape index (κ3) is 1.71. The summed E-state index contributed by atoms with van der Waals surface area (Å²) in [6, 6.07) is 0. The van der Waals surface area contributed by atoms with Crippen LogP contribution in [0.3, 0.4) is 0 Å². The van der Waals surface area contributed by atoms with Gasteiger partial charge in [0.25, 0.3) is 0 Å². The summed E-state index contributed by atoms with van der Waals surface area (Å²) in [5.74, 6) is -0.197. The van der Waals surface area contributed by atoms with Crippen LogP contribution in [0.15, 0.2) is 4.99 Å². The van der Waals surface area contributed by atoms with Gasteiger partial charge in [-0.25, -0.2) is 0 Å². The van der Waals surface area contributed by atoms with Crippen LogP contribution in [-0.4, -0.2) is 39.6 Å². The maximum Gasteiger partial charge on any atom is 0.247 e. The first-order chi connectivity index (χ1) is 5.29. The molecule has 72 valence electrons. The molecule has 0 unspecified atom stereocenters. The first-order valence-electron chi connectivity index (χ1n) is 3.48. The molecule has 1 heterocycles. The van der Waals surface area contributed by atoms with E-state index in [1.54, 1.807) is 21.3 Å². The number of hydrogen-bond acceptors (Lipinski definition) is 4. The molecule has 1 aliphatic heterocycles. The molecule has 0 N–H and O–H groups in total. The maximum absolute atomic E-state index is 5.17. The molecule has 12 heavy (non-hydrogen) atoms. The fraction of sp³-hybridized carbons (Fsp3) is 0.857. The molecule has 0 fully saturated rings. The molecule has 1 aliphatic rings. The Morgan fingerprint density at radius 1 is 1.25 bits per heavy atom. The summed E-state index contributed by atoms with van der Waals surface area (Å²) in [6.07, 6.45) is 0.725. The first-order valence-corrected chi connectivity index (χ1v) is 3.48. The van der Waals surface area contributed by atoms with Crippen molar-refractivity contribution in [3.05, 3.63) is 0 Å². The number of halogens is 1. The van der Waals surface area contributed by atoms with Crippen LogP contribution in [0.1, 0.15) is 6.42 Å². The molecular weight excluding hydrogens is 182 g/mol. The van der Waals surface area contributed by atoms with Crippen LogP contribution in [0.2, 0.25) is 0 Å². The first kappa shape index (κ1) is 11.7. The Balaban J connectivity index is 0.00000121. The zero-order valence-corrected chi connectivity index (χ0v) is 8.31. The van der Waals surface area contributed by atoms with Crippen molar-refractivity contribution in [1.82, 2.24) is 0 Å². The Bertz CT molecular complexity index is 168. The lowest BCUT2D eigenvalue weighted by molar-refractivity contribution is -0.160. The van der Waals surface area contributed by atoms with Gasteiger partial charge in [0.05, 0.1) is 7.11 Å². The summed E-state index contributed by atoms with van der Waals surface area (Å²) in [5.41, 5.74) is 0. The highest BCUT2D eigenvalue weighted by Crippen LogP contribution is 2.24. The van der Waals surface area contributed by atoms with Crippen LogP contribution in [0.5, 0.6) is 0 Å². The molecule has 0 saturated heterocycles. The van der Waals surface area contributed by atoms with Gasteiger partial charge in [-0.2, -0.15) is 0 Å². The average molecular weight is 196 g/mol. The van der Waals surface area contributed by atoms with Gasteiger partial charge in [-0.15, -0.1) is 12.4 Å². The molecule has 0 radical (unpaired) electrons. The van der Waals surface area contributed by atoms with E-state index >= 15 is 0 Å². The van der Waals surface area contributed by atoms with Crippen molar-refractivity contribution in [3.8, 4) is 0 Å². The number of rotatable bonds is 2. The third-order valence-corrected chi connectivity index (χ3v) is 1.87. The predicted octanol–water partition coefficient (Wildman–Crippen LogP) is 0.846.